The standard InChI is InChI=1S/C48H38Cl2N4O4/c1-55-33-13-5-29(6-14-33)44-37-21-22-39(51-37)45(30-7-15-34(56-2)16-8-30)41-25-26-43(53-41)48(50,32-11-19-36(58-4)20-12-32)47(49)28-27-42(54-47)46(40-24-23-38(44)52-40)31-9-17-35(57-3)18-10-31/h5-28,52-53H,1-4H3. The molecule has 3 aliphatic heterocycles. The molecular weight excluding hydrogens is 767 g/mol. The minimum Gasteiger partial charge on any atom is -0.497 e. The molecule has 2 N–H and O–H groups in total. The number of alkyl halides is 2. The summed E-state index contributed by atoms with van der Waals surface area (Å²) in [6.07, 6.45) is 7.93. The highest BCUT2D eigenvalue weighted by atomic mass is 35.5. The fraction of sp³-hybridized carbons (Fsp3) is 0.125. The van der Waals surface area contributed by atoms with Gasteiger partial charge in [-0.2, -0.15) is 0 Å². The molecule has 5 heterocycles. The Balaban J connectivity index is 1.39. The van der Waals surface area contributed by atoms with Crippen molar-refractivity contribution in [1.29, 1.82) is 0 Å². The highest BCUT2D eigenvalue weighted by Crippen LogP contribution is 2.53. The molecule has 2 aromatic heterocycles. The number of ether oxygens (including phenoxy) is 4. The Morgan fingerprint density at radius 1 is 0.483 bits per heavy atom. The Labute approximate surface area is 345 Å². The molecule has 0 spiro atoms. The van der Waals surface area contributed by atoms with Gasteiger partial charge in [-0.15, -0.1) is 11.6 Å². The first kappa shape index (κ1) is 37.1. The van der Waals surface area contributed by atoms with Crippen LogP contribution in [0.1, 0.15) is 33.6 Å². The van der Waals surface area contributed by atoms with Crippen molar-refractivity contribution in [3.05, 3.63) is 196 Å². The maximum atomic E-state index is 8.04. The van der Waals surface area contributed by atoms with Crippen LogP contribution in [0.15, 0.2) is 161 Å². The molecule has 4 aromatic carbocycles. The van der Waals surface area contributed by atoms with Gasteiger partial charge in [-0.25, -0.2) is 4.99 Å². The topological polar surface area (TPSA) is 93.2 Å². The van der Waals surface area contributed by atoms with E-state index in [1.54, 1.807) is 28.4 Å². The highest BCUT2D eigenvalue weighted by Gasteiger charge is 2.53. The summed E-state index contributed by atoms with van der Waals surface area (Å²) < 4.78 is 22.1. The second-order valence-corrected chi connectivity index (χ2v) is 15.1. The van der Waals surface area contributed by atoms with E-state index in [4.69, 9.17) is 52.1 Å². The van der Waals surface area contributed by atoms with Crippen molar-refractivity contribution in [3.8, 4) is 23.0 Å². The largest absolute Gasteiger partial charge is 0.497 e. The molecule has 58 heavy (non-hydrogen) atoms. The molecule has 0 saturated carbocycles. The fourth-order valence-corrected chi connectivity index (χ4v) is 8.51. The number of hydrogen-bond donors (Lipinski definition) is 2. The normalized spacial score (nSPS) is 19.6. The van der Waals surface area contributed by atoms with Crippen molar-refractivity contribution in [3.63, 3.8) is 0 Å². The van der Waals surface area contributed by atoms with Crippen LogP contribution in [0, 0.1) is 0 Å². The number of allylic oxidation sites excluding steroid dienone is 3. The van der Waals surface area contributed by atoms with Crippen LogP contribution < -0.4 is 29.6 Å². The molecule has 0 aliphatic carbocycles. The van der Waals surface area contributed by atoms with Gasteiger partial charge < -0.3 is 28.9 Å². The molecule has 2 unspecified atom stereocenters. The first-order chi connectivity index (χ1) is 28.2. The van der Waals surface area contributed by atoms with Gasteiger partial charge in [0.1, 0.15) is 23.0 Å². The Morgan fingerprint density at radius 2 is 0.966 bits per heavy atom. The van der Waals surface area contributed by atoms with Crippen molar-refractivity contribution in [2.24, 2.45) is 9.98 Å². The van der Waals surface area contributed by atoms with Gasteiger partial charge in [-0.3, -0.25) is 4.99 Å². The van der Waals surface area contributed by atoms with Gasteiger partial charge in [0, 0.05) is 38.8 Å². The predicted molar refractivity (Wildman–Crippen MR) is 232 cm³/mol. The third kappa shape index (κ3) is 6.26. The average molecular weight is 806 g/mol. The van der Waals surface area contributed by atoms with E-state index in [0.717, 1.165) is 84.0 Å². The molecule has 8 nitrogen and oxygen atoms in total. The van der Waals surface area contributed by atoms with Crippen LogP contribution in [0.2, 0.25) is 0 Å². The van der Waals surface area contributed by atoms with Crippen molar-refractivity contribution >= 4 is 51.3 Å². The molecule has 0 radical (unpaired) electrons. The second-order valence-electron chi connectivity index (χ2n) is 14.0. The smallest absolute Gasteiger partial charge is 0.181 e. The van der Waals surface area contributed by atoms with Crippen LogP contribution in [-0.4, -0.2) is 54.8 Å². The molecule has 10 heteroatoms. The minimum atomic E-state index is -1.49. The van der Waals surface area contributed by atoms with E-state index in [9.17, 15) is 0 Å². The Morgan fingerprint density at radius 3 is 1.48 bits per heavy atom. The van der Waals surface area contributed by atoms with Crippen molar-refractivity contribution in [2.45, 2.75) is 9.87 Å². The summed E-state index contributed by atoms with van der Waals surface area (Å²) in [4.78, 5) is 15.2. The summed E-state index contributed by atoms with van der Waals surface area (Å²) in [6, 6.07) is 39.6. The van der Waals surface area contributed by atoms with Crippen LogP contribution in [0.25, 0.3) is 16.7 Å². The Bertz CT molecular complexity index is 2830. The lowest BCUT2D eigenvalue weighted by atomic mass is 9.87. The molecule has 8 bridgehead atoms. The summed E-state index contributed by atoms with van der Waals surface area (Å²) in [5, 5.41) is 1.69. The lowest BCUT2D eigenvalue weighted by Gasteiger charge is -2.37. The molecule has 0 amide bonds. The van der Waals surface area contributed by atoms with Gasteiger partial charge in [0.15, 0.2) is 9.87 Å². The third-order valence-corrected chi connectivity index (χ3v) is 12.1. The number of nitrogens with zero attached hydrogens (tertiary/aromatic N) is 2. The van der Waals surface area contributed by atoms with Crippen molar-refractivity contribution in [1.82, 2.24) is 9.97 Å². The van der Waals surface area contributed by atoms with Gasteiger partial charge in [0.2, 0.25) is 0 Å². The molecule has 0 saturated heterocycles. The van der Waals surface area contributed by atoms with E-state index in [-0.39, 0.29) is 0 Å². The Hall–Kier alpha value is -6.48. The van der Waals surface area contributed by atoms with Gasteiger partial charge in [0.25, 0.3) is 0 Å². The molecule has 6 aromatic rings. The zero-order chi connectivity index (χ0) is 40.0. The summed E-state index contributed by atoms with van der Waals surface area (Å²) >= 11 is 15.9. The molecular formula is C48H38Cl2N4O4. The lowest BCUT2D eigenvalue weighted by molar-refractivity contribution is 0.414. The van der Waals surface area contributed by atoms with E-state index < -0.39 is 9.87 Å². The molecule has 3 aliphatic rings. The number of aromatic amines is 2. The molecule has 288 valence electrons. The highest BCUT2D eigenvalue weighted by molar-refractivity contribution is 6.40. The Kier molecular flexibility index (Phi) is 9.47. The van der Waals surface area contributed by atoms with E-state index >= 15 is 0 Å². The number of methoxy groups -OCH3 is 4. The van der Waals surface area contributed by atoms with Gasteiger partial charge in [-0.05, 0) is 119 Å². The number of hydrogen-bond acceptors (Lipinski definition) is 6. The quantitative estimate of drug-likeness (QED) is 0.119. The van der Waals surface area contributed by atoms with Crippen LogP contribution in [0.5, 0.6) is 23.0 Å². The SMILES string of the molecule is COc1ccc(C2=C3C=CC(=N3)C(c3ccc(OC)cc3)=c3ccc([nH]3)=C(c3ccc(OC)cc3)C3=NC(Cl)(C=C3)C(Cl)(c3ccc(OC)cc3)c3ccc2[nH]3)cc1. The van der Waals surface area contributed by atoms with Gasteiger partial charge in [-0.1, -0.05) is 60.1 Å². The van der Waals surface area contributed by atoms with Crippen molar-refractivity contribution < 1.29 is 18.9 Å². The number of aromatic nitrogens is 2. The number of aliphatic imine (C=N–C) groups is 2. The minimum absolute atomic E-state index is 0.641. The van der Waals surface area contributed by atoms with E-state index in [1.807, 2.05) is 127 Å². The fourth-order valence-electron chi connectivity index (χ4n) is 7.80. The zero-order valence-electron chi connectivity index (χ0n) is 32.1. The van der Waals surface area contributed by atoms with Crippen LogP contribution in [-0.2, 0) is 4.87 Å². The first-order valence-corrected chi connectivity index (χ1v) is 19.4. The number of halogens is 2. The van der Waals surface area contributed by atoms with Gasteiger partial charge in [0.05, 0.1) is 45.6 Å². The summed E-state index contributed by atoms with van der Waals surface area (Å²) in [5.41, 5.74) is 9.76. The summed E-state index contributed by atoms with van der Waals surface area (Å²) in [5.74, 6) is 2.93. The van der Waals surface area contributed by atoms with E-state index in [1.165, 1.54) is 0 Å². The predicted octanol–water partition coefficient (Wildman–Crippen LogP) is 8.69. The first-order valence-electron chi connectivity index (χ1n) is 18.7. The van der Waals surface area contributed by atoms with E-state index in [0.29, 0.717) is 17.2 Å². The summed E-state index contributed by atoms with van der Waals surface area (Å²) in [7, 11) is 6.61. The zero-order valence-corrected chi connectivity index (χ0v) is 33.7. The van der Waals surface area contributed by atoms with Crippen molar-refractivity contribution in [2.75, 3.05) is 28.4 Å². The molecule has 0 fully saturated rings. The number of benzene rings is 4. The van der Waals surface area contributed by atoms with Crippen LogP contribution >= 0.6 is 23.2 Å². The average Bonchev–Trinajstić information content (AvgIpc) is 4.11. The van der Waals surface area contributed by atoms with Crippen LogP contribution in [0.4, 0.5) is 0 Å². The number of fused-ring (bicyclic) bond motifs is 6. The lowest BCUT2D eigenvalue weighted by Crippen LogP contribution is -2.41. The van der Waals surface area contributed by atoms with Gasteiger partial charge >= 0.3 is 0 Å². The number of rotatable bonds is 8. The van der Waals surface area contributed by atoms with Crippen LogP contribution in [0.3, 0.4) is 0 Å². The maximum Gasteiger partial charge on any atom is 0.181 e. The summed E-state index contributed by atoms with van der Waals surface area (Å²) in [6.45, 7) is 0. The monoisotopic (exact) mass is 804 g/mol. The number of nitrogens with one attached hydrogen (secondary N) is 2. The van der Waals surface area contributed by atoms with E-state index in [2.05, 4.69) is 28.2 Å². The second kappa shape index (κ2) is 14.8. The third-order valence-electron chi connectivity index (χ3n) is 10.8. The molecule has 9 rings (SSSR count). The number of H-pyrrole nitrogens is 2. The maximum absolute atomic E-state index is 8.04. The molecule has 2 atom stereocenters.